The number of nitrogens with two attached hydrogens (primary N) is 1. The zero-order valence-electron chi connectivity index (χ0n) is 32.5. The largest absolute Gasteiger partial charge is 0.494 e. The Balaban J connectivity index is 0.000000298. The molecule has 286 valence electrons. The standard InChI is InChI=1S/C19H30BNO4.C13H18BrNO2.C8H10BrN/c1-17(2,3)23-16(22)21-12-11-14-9-8-10-15(13-14)20-24-18(4,5)19(6,7)25-20;1-13(2,3)17-12(16)15-8-7-10-5-4-6-11(14)9-10;9-8-3-1-2-7(6-8)4-5-10/h8-10,13H,11-12H2,1-7H3,(H,21,22);4-6,9H,7-8H2,1-3H3,(H,15,16);1-3,6H,4-5,10H2. The van der Waals surface area contributed by atoms with E-state index in [1.807, 2.05) is 124 Å². The summed E-state index contributed by atoms with van der Waals surface area (Å²) in [6, 6.07) is 24.3. The van der Waals surface area contributed by atoms with Gasteiger partial charge in [-0.25, -0.2) is 9.59 Å². The highest BCUT2D eigenvalue weighted by atomic mass is 79.9. The van der Waals surface area contributed by atoms with Gasteiger partial charge in [0.1, 0.15) is 11.2 Å². The Morgan fingerprint density at radius 3 is 1.44 bits per heavy atom. The second-order valence-electron chi connectivity index (χ2n) is 15.5. The molecule has 12 heteroatoms. The van der Waals surface area contributed by atoms with Crippen LogP contribution in [-0.2, 0) is 38.0 Å². The number of ether oxygens (including phenoxy) is 2. The third kappa shape index (κ3) is 17.8. The SMILES string of the molecule is CC(C)(C)OC(=O)NCCc1cccc(B2OC(C)(C)C(C)(C)O2)c1.CC(C)(C)OC(=O)NCCc1cccc(Br)c1.NCCc1cccc(Br)c1. The lowest BCUT2D eigenvalue weighted by Crippen LogP contribution is -2.41. The van der Waals surface area contributed by atoms with Gasteiger partial charge in [0.05, 0.1) is 11.2 Å². The van der Waals surface area contributed by atoms with Crippen molar-refractivity contribution in [2.24, 2.45) is 5.73 Å². The minimum atomic E-state index is -0.485. The number of alkyl carbamates (subject to hydrolysis) is 2. The predicted molar refractivity (Wildman–Crippen MR) is 219 cm³/mol. The quantitative estimate of drug-likeness (QED) is 0.185. The van der Waals surface area contributed by atoms with Gasteiger partial charge in [0, 0.05) is 22.0 Å². The molecule has 0 atom stereocenters. The van der Waals surface area contributed by atoms with Gasteiger partial charge in [-0.05, 0) is 141 Å². The van der Waals surface area contributed by atoms with Crippen LogP contribution in [-0.4, -0.2) is 61.3 Å². The Hall–Kier alpha value is -2.90. The van der Waals surface area contributed by atoms with Crippen LogP contribution in [0.15, 0.2) is 81.7 Å². The van der Waals surface area contributed by atoms with Crippen LogP contribution in [0.1, 0.15) is 85.9 Å². The second-order valence-corrected chi connectivity index (χ2v) is 17.3. The van der Waals surface area contributed by atoms with Gasteiger partial charge in [-0.15, -0.1) is 0 Å². The Bertz CT molecular complexity index is 1560. The van der Waals surface area contributed by atoms with Crippen LogP contribution >= 0.6 is 31.9 Å². The number of hydrogen-bond donors (Lipinski definition) is 3. The fraction of sp³-hybridized carbons (Fsp3) is 0.500. The molecule has 4 rings (SSSR count). The van der Waals surface area contributed by atoms with Crippen LogP contribution in [0, 0.1) is 0 Å². The molecule has 0 aliphatic carbocycles. The minimum absolute atomic E-state index is 0.355. The summed E-state index contributed by atoms with van der Waals surface area (Å²) in [6.45, 7) is 21.1. The van der Waals surface area contributed by atoms with Crippen molar-refractivity contribution in [1.29, 1.82) is 0 Å². The lowest BCUT2D eigenvalue weighted by molar-refractivity contribution is 0.00578. The van der Waals surface area contributed by atoms with Gasteiger partial charge in [0.25, 0.3) is 0 Å². The molecule has 1 aliphatic rings. The van der Waals surface area contributed by atoms with Crippen molar-refractivity contribution >= 4 is 56.6 Å². The summed E-state index contributed by atoms with van der Waals surface area (Å²) in [5.74, 6) is 0. The van der Waals surface area contributed by atoms with E-state index in [1.165, 1.54) is 11.1 Å². The fourth-order valence-corrected chi connectivity index (χ4v) is 5.57. The van der Waals surface area contributed by atoms with Crippen molar-refractivity contribution in [3.05, 3.63) is 98.4 Å². The van der Waals surface area contributed by atoms with E-state index >= 15 is 0 Å². The molecular formula is C40H58BBr2N3O6. The van der Waals surface area contributed by atoms with Crippen molar-refractivity contribution < 1.29 is 28.4 Å². The monoisotopic (exact) mass is 845 g/mol. The molecule has 9 nitrogen and oxygen atoms in total. The Morgan fingerprint density at radius 2 is 1.06 bits per heavy atom. The van der Waals surface area contributed by atoms with Crippen LogP contribution < -0.4 is 21.8 Å². The highest BCUT2D eigenvalue weighted by molar-refractivity contribution is 9.10. The van der Waals surface area contributed by atoms with E-state index < -0.39 is 17.3 Å². The number of halogens is 2. The van der Waals surface area contributed by atoms with Crippen LogP contribution in [0.5, 0.6) is 0 Å². The Labute approximate surface area is 328 Å². The van der Waals surface area contributed by atoms with Gasteiger partial charge in [-0.2, -0.15) is 0 Å². The number of rotatable bonds is 9. The molecule has 1 fully saturated rings. The maximum atomic E-state index is 11.7. The average Bonchev–Trinajstić information content (AvgIpc) is 3.23. The molecule has 0 radical (unpaired) electrons. The normalized spacial score (nSPS) is 14.6. The van der Waals surface area contributed by atoms with Crippen LogP contribution in [0.25, 0.3) is 0 Å². The summed E-state index contributed by atoms with van der Waals surface area (Å²) in [5.41, 5.74) is 8.33. The van der Waals surface area contributed by atoms with Crippen molar-refractivity contribution in [2.45, 2.75) is 111 Å². The maximum absolute atomic E-state index is 11.7. The molecule has 1 aliphatic heterocycles. The molecule has 3 aromatic rings. The third-order valence-corrected chi connectivity index (χ3v) is 8.84. The van der Waals surface area contributed by atoms with Gasteiger partial charge < -0.3 is 35.1 Å². The molecule has 52 heavy (non-hydrogen) atoms. The van der Waals surface area contributed by atoms with Gasteiger partial charge >= 0.3 is 19.3 Å². The summed E-state index contributed by atoms with van der Waals surface area (Å²) in [7, 11) is -0.372. The van der Waals surface area contributed by atoms with Crippen molar-refractivity contribution in [2.75, 3.05) is 19.6 Å². The summed E-state index contributed by atoms with van der Waals surface area (Å²) in [4.78, 5) is 23.1. The summed E-state index contributed by atoms with van der Waals surface area (Å²) in [6.07, 6.45) is 1.70. The van der Waals surface area contributed by atoms with Crippen LogP contribution in [0.3, 0.4) is 0 Å². The van der Waals surface area contributed by atoms with E-state index in [0.717, 1.165) is 39.4 Å². The molecule has 2 amide bonds. The molecule has 0 unspecified atom stereocenters. The minimum Gasteiger partial charge on any atom is -0.444 e. The first kappa shape index (κ1) is 45.3. The van der Waals surface area contributed by atoms with Crippen molar-refractivity contribution in [3.8, 4) is 0 Å². The summed E-state index contributed by atoms with van der Waals surface area (Å²) < 4.78 is 24.7. The van der Waals surface area contributed by atoms with E-state index in [4.69, 9.17) is 24.5 Å². The first-order valence-corrected chi connectivity index (χ1v) is 19.2. The van der Waals surface area contributed by atoms with Gasteiger partial charge in [0.15, 0.2) is 0 Å². The number of carbonyl (C=O) groups excluding carboxylic acids is 2. The number of hydrogen-bond acceptors (Lipinski definition) is 7. The van der Waals surface area contributed by atoms with E-state index in [2.05, 4.69) is 60.7 Å². The smallest absolute Gasteiger partial charge is 0.444 e. The molecule has 4 N–H and O–H groups in total. The molecule has 0 bridgehead atoms. The van der Waals surface area contributed by atoms with Crippen LogP contribution in [0.4, 0.5) is 9.59 Å². The van der Waals surface area contributed by atoms with Crippen molar-refractivity contribution in [3.63, 3.8) is 0 Å². The number of carbonyl (C=O) groups is 2. The van der Waals surface area contributed by atoms with Crippen molar-refractivity contribution in [1.82, 2.24) is 10.6 Å². The topological polar surface area (TPSA) is 121 Å². The first-order chi connectivity index (χ1) is 24.1. The third-order valence-electron chi connectivity index (χ3n) is 7.85. The highest BCUT2D eigenvalue weighted by Crippen LogP contribution is 2.36. The summed E-state index contributed by atoms with van der Waals surface area (Å²) in [5, 5.41) is 5.51. The molecule has 0 spiro atoms. The zero-order chi connectivity index (χ0) is 39.2. The number of amides is 2. The molecule has 1 heterocycles. The molecule has 3 aromatic carbocycles. The number of nitrogens with one attached hydrogen (secondary N) is 2. The maximum Gasteiger partial charge on any atom is 0.494 e. The van der Waals surface area contributed by atoms with E-state index in [1.54, 1.807) is 0 Å². The average molecular weight is 848 g/mol. The lowest BCUT2D eigenvalue weighted by Gasteiger charge is -2.32. The highest BCUT2D eigenvalue weighted by Gasteiger charge is 2.51. The van der Waals surface area contributed by atoms with E-state index in [-0.39, 0.29) is 24.4 Å². The van der Waals surface area contributed by atoms with Crippen LogP contribution in [0.2, 0.25) is 0 Å². The Kier molecular flexibility index (Phi) is 17.9. The molecule has 0 saturated carbocycles. The van der Waals surface area contributed by atoms with Gasteiger partial charge in [-0.1, -0.05) is 80.4 Å². The molecular weight excluding hydrogens is 789 g/mol. The first-order valence-electron chi connectivity index (χ1n) is 17.7. The molecule has 0 aromatic heterocycles. The Morgan fingerprint density at radius 1 is 0.673 bits per heavy atom. The van der Waals surface area contributed by atoms with Gasteiger partial charge in [0.2, 0.25) is 0 Å². The second kappa shape index (κ2) is 20.5. The predicted octanol–water partition coefficient (Wildman–Crippen LogP) is 8.52. The van der Waals surface area contributed by atoms with E-state index in [9.17, 15) is 9.59 Å². The lowest BCUT2D eigenvalue weighted by atomic mass is 9.78. The van der Waals surface area contributed by atoms with E-state index in [0.29, 0.717) is 19.5 Å². The molecule has 1 saturated heterocycles. The van der Waals surface area contributed by atoms with Gasteiger partial charge in [-0.3, -0.25) is 0 Å². The summed E-state index contributed by atoms with van der Waals surface area (Å²) >= 11 is 6.80. The number of benzene rings is 3. The zero-order valence-corrected chi connectivity index (χ0v) is 35.7. The fourth-order valence-electron chi connectivity index (χ4n) is 4.67.